The summed E-state index contributed by atoms with van der Waals surface area (Å²) in [5.41, 5.74) is 5.20. The van der Waals surface area contributed by atoms with Crippen molar-refractivity contribution in [1.29, 1.82) is 0 Å². The fourth-order valence-corrected chi connectivity index (χ4v) is 4.40. The predicted molar refractivity (Wildman–Crippen MR) is 124 cm³/mol. The number of likely N-dealkylation sites (tertiary alicyclic amines) is 1. The van der Waals surface area contributed by atoms with E-state index < -0.39 is 18.0 Å². The van der Waals surface area contributed by atoms with Crippen molar-refractivity contribution in [1.82, 2.24) is 9.88 Å². The highest BCUT2D eigenvalue weighted by Gasteiger charge is 2.31. The van der Waals surface area contributed by atoms with Gasteiger partial charge in [0.05, 0.1) is 11.4 Å². The van der Waals surface area contributed by atoms with Gasteiger partial charge in [-0.2, -0.15) is 0 Å². The number of ether oxygens (including phenoxy) is 1. The lowest BCUT2D eigenvalue weighted by Gasteiger charge is -2.32. The summed E-state index contributed by atoms with van der Waals surface area (Å²) < 4.78 is 5.96. The lowest BCUT2D eigenvalue weighted by Crippen LogP contribution is -2.47. The van der Waals surface area contributed by atoms with E-state index in [-0.39, 0.29) is 12.5 Å². The molecule has 6 nitrogen and oxygen atoms in total. The molecule has 166 valence electrons. The molecule has 0 aliphatic carbocycles. The third-order valence-electron chi connectivity index (χ3n) is 6.09. The fourth-order valence-electron chi connectivity index (χ4n) is 4.40. The average Bonchev–Trinajstić information content (AvgIpc) is 2.78. The number of carboxylic acid groups (broad SMARTS) is 1. The van der Waals surface area contributed by atoms with Gasteiger partial charge in [-0.15, -0.1) is 0 Å². The Balaban J connectivity index is 1.57. The summed E-state index contributed by atoms with van der Waals surface area (Å²) in [5.74, 6) is -0.975. The lowest BCUT2D eigenvalue weighted by atomic mass is 9.96. The van der Waals surface area contributed by atoms with E-state index in [1.165, 1.54) is 11.1 Å². The summed E-state index contributed by atoms with van der Waals surface area (Å²) in [4.78, 5) is 30.5. The standard InChI is InChI=1S/C26H28N2O4/c1-16-7-4-5-9-21(16)23-13-17(2)27-24-14-20(10-11-22(23)24)32-18(3)25(29)28-12-6-8-19(15-28)26(30)31/h4-5,7,9-11,13-14,18-19H,6,8,12,15H2,1-3H3,(H,30,31)/t18?,19-/m0/s1. The van der Waals surface area contributed by atoms with E-state index in [1.54, 1.807) is 11.8 Å². The Hall–Kier alpha value is -3.41. The van der Waals surface area contributed by atoms with E-state index in [2.05, 4.69) is 30.1 Å². The Morgan fingerprint density at radius 3 is 2.66 bits per heavy atom. The number of aryl methyl sites for hydroxylation is 2. The Kier molecular flexibility index (Phi) is 6.12. The van der Waals surface area contributed by atoms with Crippen LogP contribution in [0.15, 0.2) is 48.5 Å². The molecule has 1 aromatic heterocycles. The number of piperidine rings is 1. The first-order valence-electron chi connectivity index (χ1n) is 11.0. The molecule has 0 spiro atoms. The van der Waals surface area contributed by atoms with Crippen LogP contribution in [0.25, 0.3) is 22.0 Å². The zero-order valence-corrected chi connectivity index (χ0v) is 18.7. The maximum atomic E-state index is 12.9. The van der Waals surface area contributed by atoms with Crippen LogP contribution >= 0.6 is 0 Å². The summed E-state index contributed by atoms with van der Waals surface area (Å²) >= 11 is 0. The van der Waals surface area contributed by atoms with Crippen LogP contribution in [0.5, 0.6) is 5.75 Å². The van der Waals surface area contributed by atoms with Crippen LogP contribution in [-0.2, 0) is 9.59 Å². The number of hydrogen-bond acceptors (Lipinski definition) is 4. The highest BCUT2D eigenvalue weighted by Crippen LogP contribution is 2.33. The number of benzene rings is 2. The van der Waals surface area contributed by atoms with Crippen molar-refractivity contribution in [3.8, 4) is 16.9 Å². The first kappa shape index (κ1) is 21.8. The van der Waals surface area contributed by atoms with Crippen molar-refractivity contribution in [2.45, 2.75) is 39.7 Å². The van der Waals surface area contributed by atoms with E-state index in [9.17, 15) is 14.7 Å². The maximum absolute atomic E-state index is 12.9. The van der Waals surface area contributed by atoms with Gasteiger partial charge >= 0.3 is 5.97 Å². The lowest BCUT2D eigenvalue weighted by molar-refractivity contribution is -0.147. The molecule has 1 fully saturated rings. The highest BCUT2D eigenvalue weighted by molar-refractivity contribution is 5.96. The third-order valence-corrected chi connectivity index (χ3v) is 6.09. The van der Waals surface area contributed by atoms with Crippen LogP contribution in [0.2, 0.25) is 0 Å². The van der Waals surface area contributed by atoms with Crippen LogP contribution in [0.4, 0.5) is 0 Å². The second-order valence-corrected chi connectivity index (χ2v) is 8.53. The van der Waals surface area contributed by atoms with Gasteiger partial charge in [-0.3, -0.25) is 14.6 Å². The molecule has 1 aliphatic heterocycles. The molecule has 4 rings (SSSR count). The van der Waals surface area contributed by atoms with Crippen molar-refractivity contribution < 1.29 is 19.4 Å². The highest BCUT2D eigenvalue weighted by atomic mass is 16.5. The second-order valence-electron chi connectivity index (χ2n) is 8.53. The molecule has 2 aromatic carbocycles. The first-order chi connectivity index (χ1) is 15.3. The van der Waals surface area contributed by atoms with Gasteiger partial charge in [-0.05, 0) is 68.5 Å². The molecular weight excluding hydrogens is 404 g/mol. The molecule has 2 atom stereocenters. The summed E-state index contributed by atoms with van der Waals surface area (Å²) in [7, 11) is 0. The number of carboxylic acids is 1. The second kappa shape index (κ2) is 8.99. The molecule has 1 aliphatic rings. The predicted octanol–water partition coefficient (Wildman–Crippen LogP) is 4.61. The van der Waals surface area contributed by atoms with E-state index in [0.29, 0.717) is 25.1 Å². The summed E-state index contributed by atoms with van der Waals surface area (Å²) in [6, 6.07) is 16.1. The topological polar surface area (TPSA) is 79.7 Å². The van der Waals surface area contributed by atoms with Gasteiger partial charge < -0.3 is 14.7 Å². The summed E-state index contributed by atoms with van der Waals surface area (Å²) in [6.45, 7) is 6.57. The monoisotopic (exact) mass is 432 g/mol. The van der Waals surface area contributed by atoms with Crippen LogP contribution in [0.3, 0.4) is 0 Å². The van der Waals surface area contributed by atoms with Gasteiger partial charge in [0.15, 0.2) is 6.10 Å². The van der Waals surface area contributed by atoms with Gasteiger partial charge in [-0.25, -0.2) is 0 Å². The quantitative estimate of drug-likeness (QED) is 0.637. The molecule has 0 bridgehead atoms. The van der Waals surface area contributed by atoms with E-state index in [0.717, 1.165) is 22.2 Å². The van der Waals surface area contributed by atoms with E-state index >= 15 is 0 Å². The molecule has 1 N–H and O–H groups in total. The number of aromatic nitrogens is 1. The SMILES string of the molecule is Cc1cc(-c2ccccc2C)c2ccc(OC(C)C(=O)N3CCC[C@H](C(=O)O)C3)cc2n1. The average molecular weight is 433 g/mol. The van der Waals surface area contributed by atoms with Gasteiger partial charge in [-0.1, -0.05) is 24.3 Å². The number of pyridine rings is 1. The summed E-state index contributed by atoms with van der Waals surface area (Å²) in [5, 5.41) is 10.3. The van der Waals surface area contributed by atoms with Crippen LogP contribution in [0, 0.1) is 19.8 Å². The molecular formula is C26H28N2O4. The van der Waals surface area contributed by atoms with Crippen molar-refractivity contribution in [3.63, 3.8) is 0 Å². The zero-order valence-electron chi connectivity index (χ0n) is 18.7. The minimum Gasteiger partial charge on any atom is -0.481 e. The van der Waals surface area contributed by atoms with Crippen molar-refractivity contribution >= 4 is 22.8 Å². The Labute approximate surface area is 187 Å². The van der Waals surface area contributed by atoms with Gasteiger partial charge in [0.2, 0.25) is 0 Å². The first-order valence-corrected chi connectivity index (χ1v) is 11.0. The normalized spacial score (nSPS) is 17.2. The molecule has 1 amide bonds. The Bertz CT molecular complexity index is 1170. The molecule has 32 heavy (non-hydrogen) atoms. The number of aliphatic carboxylic acids is 1. The smallest absolute Gasteiger partial charge is 0.308 e. The zero-order chi connectivity index (χ0) is 22.8. The number of nitrogens with zero attached hydrogens (tertiary/aromatic N) is 2. The summed E-state index contributed by atoms with van der Waals surface area (Å²) in [6.07, 6.45) is 0.587. The third kappa shape index (κ3) is 4.44. The number of hydrogen-bond donors (Lipinski definition) is 1. The van der Waals surface area contributed by atoms with Crippen LogP contribution in [0.1, 0.15) is 31.0 Å². The van der Waals surface area contributed by atoms with Gasteiger partial charge in [0.25, 0.3) is 5.91 Å². The molecule has 0 radical (unpaired) electrons. The van der Waals surface area contributed by atoms with Gasteiger partial charge in [0, 0.05) is 30.2 Å². The molecule has 1 unspecified atom stereocenters. The molecule has 1 saturated heterocycles. The fraction of sp³-hybridized carbons (Fsp3) is 0.346. The maximum Gasteiger partial charge on any atom is 0.308 e. The van der Waals surface area contributed by atoms with Crippen molar-refractivity contribution in [2.75, 3.05) is 13.1 Å². The Morgan fingerprint density at radius 1 is 1.12 bits per heavy atom. The van der Waals surface area contributed by atoms with Gasteiger partial charge in [0.1, 0.15) is 5.75 Å². The Morgan fingerprint density at radius 2 is 1.91 bits per heavy atom. The van der Waals surface area contributed by atoms with Crippen LogP contribution < -0.4 is 4.74 Å². The minimum atomic E-state index is -0.850. The number of fused-ring (bicyclic) bond motifs is 1. The number of amides is 1. The molecule has 3 aromatic rings. The van der Waals surface area contributed by atoms with Crippen LogP contribution in [-0.4, -0.2) is 46.1 Å². The molecule has 0 saturated carbocycles. The van der Waals surface area contributed by atoms with Crippen molar-refractivity contribution in [3.05, 3.63) is 59.8 Å². The minimum absolute atomic E-state index is 0.186. The largest absolute Gasteiger partial charge is 0.481 e. The molecule has 2 heterocycles. The number of carbonyl (C=O) groups excluding carboxylic acids is 1. The van der Waals surface area contributed by atoms with E-state index in [4.69, 9.17) is 4.74 Å². The van der Waals surface area contributed by atoms with Crippen molar-refractivity contribution in [2.24, 2.45) is 5.92 Å². The number of carbonyl (C=O) groups is 2. The van der Waals surface area contributed by atoms with E-state index in [1.807, 2.05) is 37.3 Å². The number of rotatable bonds is 5. The molecule has 6 heteroatoms.